The van der Waals surface area contributed by atoms with E-state index in [0.29, 0.717) is 0 Å². The molecule has 6 rings (SSSR count). The summed E-state index contributed by atoms with van der Waals surface area (Å²) in [5.41, 5.74) is 6.59. The molecule has 1 aliphatic rings. The van der Waals surface area contributed by atoms with E-state index < -0.39 is 0 Å². The van der Waals surface area contributed by atoms with Crippen molar-refractivity contribution in [1.29, 1.82) is 0 Å². The number of nitrogens with one attached hydrogen (secondary N) is 2. The Bertz CT molecular complexity index is 1430. The van der Waals surface area contributed by atoms with Crippen LogP contribution in [0.4, 0.5) is 5.69 Å². The summed E-state index contributed by atoms with van der Waals surface area (Å²) in [6.45, 7) is 4.22. The zero-order valence-corrected chi connectivity index (χ0v) is 18.7. The van der Waals surface area contributed by atoms with Crippen LogP contribution in [-0.2, 0) is 0 Å². The molecular formula is C25H25N7O. The maximum atomic E-state index is 5.71. The number of likely N-dealkylation sites (N-methyl/N-ethyl adjacent to an activating group) is 1. The van der Waals surface area contributed by atoms with Gasteiger partial charge in [-0.3, -0.25) is 4.98 Å². The predicted octanol–water partition coefficient (Wildman–Crippen LogP) is 3.93. The average molecular weight is 440 g/mol. The van der Waals surface area contributed by atoms with Gasteiger partial charge >= 0.3 is 0 Å². The summed E-state index contributed by atoms with van der Waals surface area (Å²) in [6, 6.07) is 16.2. The molecule has 2 aromatic carbocycles. The number of rotatable bonds is 4. The van der Waals surface area contributed by atoms with Crippen LogP contribution < -0.4 is 9.64 Å². The molecule has 1 aliphatic heterocycles. The van der Waals surface area contributed by atoms with Gasteiger partial charge in [0.05, 0.1) is 34.7 Å². The fourth-order valence-corrected chi connectivity index (χ4v) is 4.40. The molecule has 2 N–H and O–H groups in total. The van der Waals surface area contributed by atoms with E-state index in [4.69, 9.17) is 14.7 Å². The van der Waals surface area contributed by atoms with Gasteiger partial charge in [0.15, 0.2) is 5.82 Å². The summed E-state index contributed by atoms with van der Waals surface area (Å²) in [5.74, 6) is 2.22. The Morgan fingerprint density at radius 1 is 0.848 bits per heavy atom. The number of aromatic amines is 2. The number of imidazole rings is 2. The number of methoxy groups -OCH3 is 1. The smallest absolute Gasteiger partial charge is 0.157 e. The molecular weight excluding hydrogens is 414 g/mol. The average Bonchev–Trinajstić information content (AvgIpc) is 3.47. The van der Waals surface area contributed by atoms with Crippen LogP contribution in [-0.4, -0.2) is 70.2 Å². The number of H-pyrrole nitrogens is 2. The van der Waals surface area contributed by atoms with Crippen molar-refractivity contribution in [2.45, 2.75) is 0 Å². The highest BCUT2D eigenvalue weighted by Crippen LogP contribution is 2.34. The van der Waals surface area contributed by atoms with Crippen molar-refractivity contribution in [2.24, 2.45) is 0 Å². The first-order valence-electron chi connectivity index (χ1n) is 11.1. The highest BCUT2D eigenvalue weighted by atomic mass is 16.5. The Hall–Kier alpha value is -3.91. The number of ether oxygens (including phenoxy) is 1. The van der Waals surface area contributed by atoms with Gasteiger partial charge in [-0.1, -0.05) is 6.07 Å². The van der Waals surface area contributed by atoms with Crippen molar-refractivity contribution < 1.29 is 4.74 Å². The fraction of sp³-hybridized carbons (Fsp3) is 0.240. The van der Waals surface area contributed by atoms with E-state index in [1.54, 1.807) is 13.3 Å². The molecule has 5 aromatic rings. The van der Waals surface area contributed by atoms with Crippen LogP contribution in [0.1, 0.15) is 0 Å². The standard InChI is InChI=1S/C25H25N7O/c1-31-9-11-32(12-10-31)16-6-7-18-20(13-16)28-24(27-18)17-14-21-22(15-23(17)33-2)30-25(29-21)19-5-3-4-8-26-19/h3-8,13-15H,9-12H2,1-2H3,(H,27,28)(H,29,30). The highest BCUT2D eigenvalue weighted by Gasteiger charge is 2.18. The van der Waals surface area contributed by atoms with E-state index in [9.17, 15) is 0 Å². The maximum absolute atomic E-state index is 5.71. The van der Waals surface area contributed by atoms with Crippen molar-refractivity contribution in [3.05, 3.63) is 54.7 Å². The van der Waals surface area contributed by atoms with Crippen LogP contribution >= 0.6 is 0 Å². The topological polar surface area (TPSA) is 86.0 Å². The zero-order valence-electron chi connectivity index (χ0n) is 18.7. The molecule has 0 spiro atoms. The quantitative estimate of drug-likeness (QED) is 0.441. The Kier molecular flexibility index (Phi) is 4.73. The monoisotopic (exact) mass is 439 g/mol. The first kappa shape index (κ1) is 19.8. The molecule has 0 saturated carbocycles. The molecule has 8 heteroatoms. The molecule has 4 heterocycles. The van der Waals surface area contributed by atoms with Gasteiger partial charge in [-0.2, -0.15) is 0 Å². The molecule has 33 heavy (non-hydrogen) atoms. The minimum absolute atomic E-state index is 0.722. The maximum Gasteiger partial charge on any atom is 0.157 e. The number of anilines is 1. The van der Waals surface area contributed by atoms with Crippen LogP contribution in [0.25, 0.3) is 45.0 Å². The summed E-state index contributed by atoms with van der Waals surface area (Å²) in [4.78, 5) is 25.6. The lowest BCUT2D eigenvalue weighted by Crippen LogP contribution is -2.44. The van der Waals surface area contributed by atoms with Crippen molar-refractivity contribution >= 4 is 27.8 Å². The van der Waals surface area contributed by atoms with E-state index in [1.165, 1.54) is 5.69 Å². The van der Waals surface area contributed by atoms with Crippen LogP contribution in [0.2, 0.25) is 0 Å². The third-order valence-corrected chi connectivity index (χ3v) is 6.30. The van der Waals surface area contributed by atoms with Crippen molar-refractivity contribution in [2.75, 3.05) is 45.2 Å². The summed E-state index contributed by atoms with van der Waals surface area (Å²) in [7, 11) is 3.84. The Morgan fingerprint density at radius 2 is 1.64 bits per heavy atom. The third-order valence-electron chi connectivity index (χ3n) is 6.30. The van der Waals surface area contributed by atoms with E-state index >= 15 is 0 Å². The van der Waals surface area contributed by atoms with Gasteiger partial charge in [-0.15, -0.1) is 0 Å². The van der Waals surface area contributed by atoms with E-state index in [0.717, 1.165) is 76.9 Å². The number of pyridine rings is 1. The Labute approximate surface area is 191 Å². The summed E-state index contributed by atoms with van der Waals surface area (Å²) < 4.78 is 5.71. The first-order valence-corrected chi connectivity index (χ1v) is 11.1. The third kappa shape index (κ3) is 3.58. The van der Waals surface area contributed by atoms with Gasteiger partial charge in [0.25, 0.3) is 0 Å². The summed E-state index contributed by atoms with van der Waals surface area (Å²) in [5, 5.41) is 0. The van der Waals surface area contributed by atoms with Crippen molar-refractivity contribution in [1.82, 2.24) is 29.8 Å². The number of hydrogen-bond acceptors (Lipinski definition) is 6. The van der Waals surface area contributed by atoms with Gasteiger partial charge in [0.1, 0.15) is 17.3 Å². The normalized spacial score (nSPS) is 14.9. The number of benzene rings is 2. The molecule has 0 unspecified atom stereocenters. The van der Waals surface area contributed by atoms with Crippen molar-refractivity contribution in [3.63, 3.8) is 0 Å². The number of fused-ring (bicyclic) bond motifs is 2. The molecule has 0 radical (unpaired) electrons. The lowest BCUT2D eigenvalue weighted by atomic mass is 10.1. The summed E-state index contributed by atoms with van der Waals surface area (Å²) >= 11 is 0. The van der Waals surface area contributed by atoms with Gasteiger partial charge in [0.2, 0.25) is 0 Å². The molecule has 0 atom stereocenters. The lowest BCUT2D eigenvalue weighted by molar-refractivity contribution is 0.313. The fourth-order valence-electron chi connectivity index (χ4n) is 4.40. The van der Waals surface area contributed by atoms with Crippen LogP contribution in [0.3, 0.4) is 0 Å². The first-order chi connectivity index (χ1) is 16.2. The zero-order chi connectivity index (χ0) is 22.4. The number of nitrogens with zero attached hydrogens (tertiary/aromatic N) is 5. The second-order valence-corrected chi connectivity index (χ2v) is 8.45. The van der Waals surface area contributed by atoms with Gasteiger partial charge in [0, 0.05) is 44.1 Å². The second kappa shape index (κ2) is 7.90. The molecule has 0 bridgehead atoms. The largest absolute Gasteiger partial charge is 0.496 e. The van der Waals surface area contributed by atoms with Gasteiger partial charge in [-0.05, 0) is 43.4 Å². The Morgan fingerprint density at radius 3 is 2.42 bits per heavy atom. The summed E-state index contributed by atoms with van der Waals surface area (Å²) in [6.07, 6.45) is 1.76. The minimum Gasteiger partial charge on any atom is -0.496 e. The van der Waals surface area contributed by atoms with Crippen molar-refractivity contribution in [3.8, 4) is 28.7 Å². The lowest BCUT2D eigenvalue weighted by Gasteiger charge is -2.34. The molecule has 1 fully saturated rings. The Balaban J connectivity index is 1.39. The van der Waals surface area contributed by atoms with Crippen LogP contribution in [0.5, 0.6) is 5.75 Å². The van der Waals surface area contributed by atoms with Gasteiger partial charge in [-0.25, -0.2) is 9.97 Å². The van der Waals surface area contributed by atoms with Crippen LogP contribution in [0, 0.1) is 0 Å². The van der Waals surface area contributed by atoms with E-state index in [2.05, 4.69) is 50.0 Å². The molecule has 3 aromatic heterocycles. The molecule has 0 amide bonds. The minimum atomic E-state index is 0.722. The molecule has 8 nitrogen and oxygen atoms in total. The van der Waals surface area contributed by atoms with E-state index in [-0.39, 0.29) is 0 Å². The SMILES string of the molecule is COc1cc2nc(-c3ccccn3)[nH]c2cc1-c1nc2ccc(N3CCN(C)CC3)cc2[nH]1. The molecule has 1 saturated heterocycles. The molecule has 166 valence electrons. The highest BCUT2D eigenvalue weighted by molar-refractivity contribution is 5.89. The number of piperazine rings is 1. The number of aromatic nitrogens is 5. The molecule has 0 aliphatic carbocycles. The second-order valence-electron chi connectivity index (χ2n) is 8.45. The van der Waals surface area contributed by atoms with Gasteiger partial charge < -0.3 is 24.5 Å². The predicted molar refractivity (Wildman–Crippen MR) is 131 cm³/mol. The van der Waals surface area contributed by atoms with Crippen LogP contribution in [0.15, 0.2) is 54.7 Å². The van der Waals surface area contributed by atoms with E-state index in [1.807, 2.05) is 30.3 Å². The number of hydrogen-bond donors (Lipinski definition) is 2.